The van der Waals surface area contributed by atoms with Gasteiger partial charge in [0.2, 0.25) is 0 Å². The molecule has 1 aliphatic heterocycles. The molecule has 0 aromatic heterocycles. The molecule has 0 saturated carbocycles. The molecule has 0 amide bonds. The summed E-state index contributed by atoms with van der Waals surface area (Å²) in [7, 11) is 0. The van der Waals surface area contributed by atoms with Crippen LogP contribution in [0.3, 0.4) is 0 Å². The minimum absolute atomic E-state index is 0.0341. The minimum atomic E-state index is -0.456. The monoisotopic (exact) mass is 287 g/mol. The molecule has 3 nitrogen and oxygen atoms in total. The Kier molecular flexibility index (Phi) is 4.70. The highest BCUT2D eigenvalue weighted by atomic mass is 35.5. The third-order valence-corrected chi connectivity index (χ3v) is 3.52. The Morgan fingerprint density at radius 1 is 1.40 bits per heavy atom. The van der Waals surface area contributed by atoms with Crippen molar-refractivity contribution in [2.24, 2.45) is 10.9 Å². The van der Waals surface area contributed by atoms with Crippen molar-refractivity contribution in [1.82, 2.24) is 0 Å². The highest BCUT2D eigenvalue weighted by Crippen LogP contribution is 2.22. The van der Waals surface area contributed by atoms with Gasteiger partial charge in [0.05, 0.1) is 10.9 Å². The molecule has 2 unspecified atom stereocenters. The van der Waals surface area contributed by atoms with Gasteiger partial charge in [0, 0.05) is 24.6 Å². The lowest BCUT2D eigenvalue weighted by Crippen LogP contribution is -2.23. The van der Waals surface area contributed by atoms with Crippen LogP contribution >= 0.6 is 11.6 Å². The molecule has 0 N–H and O–H groups in total. The Labute approximate surface area is 123 Å². The van der Waals surface area contributed by atoms with Gasteiger partial charge in [0.25, 0.3) is 0 Å². The number of carbonyl (C=O) groups excluding carboxylic acids is 2. The summed E-state index contributed by atoms with van der Waals surface area (Å²) in [5, 5.41) is 0.410. The average molecular weight is 288 g/mol. The van der Waals surface area contributed by atoms with Gasteiger partial charge in [-0.1, -0.05) is 23.7 Å². The lowest BCUT2D eigenvalue weighted by molar-refractivity contribution is -0.121. The van der Waals surface area contributed by atoms with Crippen molar-refractivity contribution >= 4 is 29.4 Å². The van der Waals surface area contributed by atoms with E-state index in [4.69, 9.17) is 11.6 Å². The second-order valence-corrected chi connectivity index (χ2v) is 4.97. The molecule has 4 heteroatoms. The largest absolute Gasteiger partial charge is 0.297 e. The smallest absolute Gasteiger partial charge is 0.167 e. The first kappa shape index (κ1) is 14.5. The number of halogens is 1. The van der Waals surface area contributed by atoms with Crippen LogP contribution in [-0.2, 0) is 4.79 Å². The van der Waals surface area contributed by atoms with Gasteiger partial charge < -0.3 is 0 Å². The first-order valence-corrected chi connectivity index (χ1v) is 6.75. The molecule has 2 rings (SSSR count). The number of nitrogens with zero attached hydrogens (tertiary/aromatic N) is 1. The van der Waals surface area contributed by atoms with E-state index < -0.39 is 12.0 Å². The number of carbonyl (C=O) groups is 2. The quantitative estimate of drug-likeness (QED) is 0.631. The third-order valence-electron chi connectivity index (χ3n) is 3.19. The summed E-state index contributed by atoms with van der Waals surface area (Å²) in [6.07, 6.45) is 2.10. The van der Waals surface area contributed by atoms with Crippen LogP contribution in [0.25, 0.3) is 0 Å². The number of hydrogen-bond acceptors (Lipinski definition) is 3. The standard InChI is InChI=1S/C16H14ClNO2/c1-2-3-8-14-16(20)11(10-18-14)9-15(19)12-6-4-5-7-13(12)17/h4-7,10-11,14H,8-9H2,1H3. The van der Waals surface area contributed by atoms with Crippen molar-refractivity contribution in [1.29, 1.82) is 0 Å². The molecule has 0 aliphatic carbocycles. The van der Waals surface area contributed by atoms with E-state index in [2.05, 4.69) is 16.8 Å². The molecule has 0 saturated heterocycles. The van der Waals surface area contributed by atoms with Gasteiger partial charge in [-0.25, -0.2) is 0 Å². The fourth-order valence-corrected chi connectivity index (χ4v) is 2.35. The first-order chi connectivity index (χ1) is 9.63. The van der Waals surface area contributed by atoms with Gasteiger partial charge in [-0.2, -0.15) is 0 Å². The van der Waals surface area contributed by atoms with Crippen LogP contribution in [0.2, 0.25) is 5.02 Å². The van der Waals surface area contributed by atoms with Gasteiger partial charge in [-0.05, 0) is 19.1 Å². The molecular weight excluding hydrogens is 274 g/mol. The molecule has 1 aromatic rings. The predicted molar refractivity (Wildman–Crippen MR) is 79.2 cm³/mol. The lowest BCUT2D eigenvalue weighted by atomic mass is 9.93. The summed E-state index contributed by atoms with van der Waals surface area (Å²) >= 11 is 5.98. The molecule has 2 atom stereocenters. The number of benzene rings is 1. The molecule has 0 bridgehead atoms. The summed E-state index contributed by atoms with van der Waals surface area (Å²) in [6.45, 7) is 1.72. The van der Waals surface area contributed by atoms with Gasteiger partial charge in [0.1, 0.15) is 6.04 Å². The zero-order valence-corrected chi connectivity index (χ0v) is 11.9. The number of Topliss-reactive ketones (excluding diaryl/α,β-unsaturated/α-hetero) is 2. The van der Waals surface area contributed by atoms with Gasteiger partial charge in [0.15, 0.2) is 11.6 Å². The van der Waals surface area contributed by atoms with Gasteiger partial charge in [-0.3, -0.25) is 14.6 Å². The SMILES string of the molecule is CC#CCC1N=CC(CC(=O)c2ccccc2Cl)C1=O. The van der Waals surface area contributed by atoms with Crippen LogP contribution in [0.15, 0.2) is 29.3 Å². The maximum atomic E-state index is 12.2. The van der Waals surface area contributed by atoms with E-state index in [9.17, 15) is 9.59 Å². The van der Waals surface area contributed by atoms with Crippen molar-refractivity contribution in [3.05, 3.63) is 34.9 Å². The lowest BCUT2D eigenvalue weighted by Gasteiger charge is -2.08. The number of rotatable bonds is 4. The van der Waals surface area contributed by atoms with E-state index in [1.54, 1.807) is 37.4 Å². The first-order valence-electron chi connectivity index (χ1n) is 6.38. The van der Waals surface area contributed by atoms with Crippen molar-refractivity contribution in [3.8, 4) is 11.8 Å². The normalized spacial score (nSPS) is 20.6. The molecule has 1 aliphatic rings. The summed E-state index contributed by atoms with van der Waals surface area (Å²) in [4.78, 5) is 28.4. The number of hydrogen-bond donors (Lipinski definition) is 0. The van der Waals surface area contributed by atoms with E-state index in [1.807, 2.05) is 0 Å². The van der Waals surface area contributed by atoms with Crippen LogP contribution in [-0.4, -0.2) is 23.8 Å². The van der Waals surface area contributed by atoms with Gasteiger partial charge >= 0.3 is 0 Å². The van der Waals surface area contributed by atoms with Crippen molar-refractivity contribution < 1.29 is 9.59 Å². The van der Waals surface area contributed by atoms with Crippen LogP contribution in [0.1, 0.15) is 30.1 Å². The second kappa shape index (κ2) is 6.49. The van der Waals surface area contributed by atoms with Crippen molar-refractivity contribution in [3.63, 3.8) is 0 Å². The van der Waals surface area contributed by atoms with Crippen molar-refractivity contribution in [2.45, 2.75) is 25.8 Å². The Balaban J connectivity index is 2.03. The highest BCUT2D eigenvalue weighted by Gasteiger charge is 2.32. The summed E-state index contributed by atoms with van der Waals surface area (Å²) in [5.41, 5.74) is 0.451. The molecule has 0 fully saturated rings. The molecule has 0 radical (unpaired) electrons. The fraction of sp³-hybridized carbons (Fsp3) is 0.312. The molecular formula is C16H14ClNO2. The van der Waals surface area contributed by atoms with Crippen molar-refractivity contribution in [2.75, 3.05) is 0 Å². The zero-order chi connectivity index (χ0) is 14.5. The predicted octanol–water partition coefficient (Wildman–Crippen LogP) is 2.96. The average Bonchev–Trinajstić information content (AvgIpc) is 2.78. The molecule has 102 valence electrons. The molecule has 1 heterocycles. The topological polar surface area (TPSA) is 46.5 Å². The minimum Gasteiger partial charge on any atom is -0.297 e. The van der Waals surface area contributed by atoms with Crippen LogP contribution in [0.5, 0.6) is 0 Å². The highest BCUT2D eigenvalue weighted by molar-refractivity contribution is 6.34. The van der Waals surface area contributed by atoms with Crippen LogP contribution < -0.4 is 0 Å². The van der Waals surface area contributed by atoms with E-state index >= 15 is 0 Å². The Morgan fingerprint density at radius 2 is 2.15 bits per heavy atom. The molecule has 1 aromatic carbocycles. The van der Waals surface area contributed by atoms with E-state index in [0.29, 0.717) is 17.0 Å². The maximum absolute atomic E-state index is 12.2. The van der Waals surface area contributed by atoms with E-state index in [0.717, 1.165) is 0 Å². The Bertz CT molecular complexity index is 625. The van der Waals surface area contributed by atoms with Crippen LogP contribution in [0, 0.1) is 17.8 Å². The molecule has 20 heavy (non-hydrogen) atoms. The fourth-order valence-electron chi connectivity index (χ4n) is 2.10. The van der Waals surface area contributed by atoms with E-state index in [1.165, 1.54) is 0 Å². The summed E-state index contributed by atoms with van der Waals surface area (Å²) in [6, 6.07) is 6.43. The second-order valence-electron chi connectivity index (χ2n) is 4.56. The Morgan fingerprint density at radius 3 is 2.85 bits per heavy atom. The van der Waals surface area contributed by atoms with Gasteiger partial charge in [-0.15, -0.1) is 11.8 Å². The summed E-state index contributed by atoms with van der Waals surface area (Å²) in [5.74, 6) is 4.96. The third kappa shape index (κ3) is 3.15. The Hall–Kier alpha value is -1.92. The van der Waals surface area contributed by atoms with Crippen LogP contribution in [0.4, 0.5) is 0 Å². The number of ketones is 2. The zero-order valence-electron chi connectivity index (χ0n) is 11.1. The number of aliphatic imine (C=N–C) groups is 1. The maximum Gasteiger partial charge on any atom is 0.167 e. The molecule has 0 spiro atoms. The summed E-state index contributed by atoms with van der Waals surface area (Å²) < 4.78 is 0. The van der Waals surface area contributed by atoms with E-state index in [-0.39, 0.29) is 18.0 Å².